The number of fused-ring (bicyclic) bond motifs is 1. The SMILES string of the molecule is Clc1ccc(Sc2nc3sccn3c2CNC2CC2)cc1. The summed E-state index contributed by atoms with van der Waals surface area (Å²) in [7, 11) is 0. The molecule has 1 fully saturated rings. The lowest BCUT2D eigenvalue weighted by Gasteiger charge is -2.05. The summed E-state index contributed by atoms with van der Waals surface area (Å²) < 4.78 is 2.19. The fourth-order valence-electron chi connectivity index (χ4n) is 2.20. The molecular formula is C15H14ClN3S2. The summed E-state index contributed by atoms with van der Waals surface area (Å²) in [5.74, 6) is 0. The van der Waals surface area contributed by atoms with Crippen LogP contribution in [0.25, 0.3) is 4.96 Å². The first-order valence-corrected chi connectivity index (χ1v) is 8.98. The Labute approximate surface area is 136 Å². The van der Waals surface area contributed by atoms with Crippen molar-refractivity contribution >= 4 is 39.7 Å². The monoisotopic (exact) mass is 335 g/mol. The van der Waals surface area contributed by atoms with Gasteiger partial charge in [0.1, 0.15) is 5.03 Å². The number of halogens is 1. The molecule has 21 heavy (non-hydrogen) atoms. The van der Waals surface area contributed by atoms with Gasteiger partial charge in [0.05, 0.1) is 5.69 Å². The summed E-state index contributed by atoms with van der Waals surface area (Å²) in [5.41, 5.74) is 1.25. The molecule has 6 heteroatoms. The number of nitrogens with one attached hydrogen (secondary N) is 1. The summed E-state index contributed by atoms with van der Waals surface area (Å²) in [6, 6.07) is 8.62. The Kier molecular flexibility index (Phi) is 3.67. The van der Waals surface area contributed by atoms with E-state index in [4.69, 9.17) is 16.6 Å². The van der Waals surface area contributed by atoms with E-state index in [9.17, 15) is 0 Å². The van der Waals surface area contributed by atoms with Crippen LogP contribution < -0.4 is 5.32 Å². The molecule has 0 saturated heterocycles. The smallest absolute Gasteiger partial charge is 0.194 e. The third-order valence-electron chi connectivity index (χ3n) is 3.49. The summed E-state index contributed by atoms with van der Waals surface area (Å²) in [6.07, 6.45) is 4.69. The summed E-state index contributed by atoms with van der Waals surface area (Å²) in [6.45, 7) is 0.874. The average molecular weight is 336 g/mol. The van der Waals surface area contributed by atoms with Crippen molar-refractivity contribution in [1.82, 2.24) is 14.7 Å². The van der Waals surface area contributed by atoms with E-state index in [2.05, 4.69) is 21.3 Å². The lowest BCUT2D eigenvalue weighted by atomic mass is 10.4. The van der Waals surface area contributed by atoms with Crippen LogP contribution in [0.1, 0.15) is 18.5 Å². The Morgan fingerprint density at radius 2 is 2.14 bits per heavy atom. The highest BCUT2D eigenvalue weighted by Gasteiger charge is 2.22. The predicted molar refractivity (Wildman–Crippen MR) is 88.5 cm³/mol. The number of rotatable bonds is 5. The zero-order valence-corrected chi connectivity index (χ0v) is 13.6. The van der Waals surface area contributed by atoms with Crippen LogP contribution in [-0.4, -0.2) is 15.4 Å². The number of imidazole rings is 1. The van der Waals surface area contributed by atoms with Crippen LogP contribution in [0, 0.1) is 0 Å². The minimum atomic E-state index is 0.697. The molecule has 0 radical (unpaired) electrons. The summed E-state index contributed by atoms with van der Waals surface area (Å²) in [5, 5.41) is 7.51. The third-order valence-corrected chi connectivity index (χ3v) is 5.52. The molecule has 1 saturated carbocycles. The molecule has 3 nitrogen and oxygen atoms in total. The molecule has 108 valence electrons. The van der Waals surface area contributed by atoms with E-state index >= 15 is 0 Å². The van der Waals surface area contributed by atoms with Crippen molar-refractivity contribution in [3.05, 3.63) is 46.6 Å². The van der Waals surface area contributed by atoms with Crippen molar-refractivity contribution < 1.29 is 0 Å². The second kappa shape index (κ2) is 5.65. The van der Waals surface area contributed by atoms with Crippen LogP contribution in [0.5, 0.6) is 0 Å². The van der Waals surface area contributed by atoms with Crippen LogP contribution in [0.3, 0.4) is 0 Å². The maximum atomic E-state index is 5.95. The van der Waals surface area contributed by atoms with Gasteiger partial charge in [0.25, 0.3) is 0 Å². The second-order valence-electron chi connectivity index (χ2n) is 5.13. The van der Waals surface area contributed by atoms with Gasteiger partial charge in [-0.25, -0.2) is 4.98 Å². The maximum absolute atomic E-state index is 5.95. The summed E-state index contributed by atoms with van der Waals surface area (Å²) in [4.78, 5) is 6.98. The molecule has 1 aliphatic carbocycles. The van der Waals surface area contributed by atoms with Crippen molar-refractivity contribution in [2.75, 3.05) is 0 Å². The van der Waals surface area contributed by atoms with Crippen LogP contribution in [-0.2, 0) is 6.54 Å². The molecule has 0 unspecified atom stereocenters. The Morgan fingerprint density at radius 3 is 2.90 bits per heavy atom. The first-order chi connectivity index (χ1) is 10.3. The van der Waals surface area contributed by atoms with Crippen molar-refractivity contribution in [2.24, 2.45) is 0 Å². The molecule has 0 spiro atoms. The zero-order chi connectivity index (χ0) is 14.2. The fourth-order valence-corrected chi connectivity index (χ4v) is 4.03. The van der Waals surface area contributed by atoms with Crippen molar-refractivity contribution in [3.8, 4) is 0 Å². The Morgan fingerprint density at radius 1 is 1.33 bits per heavy atom. The Hall–Kier alpha value is -1.01. The average Bonchev–Trinajstić information content (AvgIpc) is 3.10. The molecule has 1 aromatic carbocycles. The largest absolute Gasteiger partial charge is 0.308 e. The number of benzene rings is 1. The van der Waals surface area contributed by atoms with E-state index < -0.39 is 0 Å². The zero-order valence-electron chi connectivity index (χ0n) is 11.3. The molecular weight excluding hydrogens is 322 g/mol. The predicted octanol–water partition coefficient (Wildman–Crippen LogP) is 4.45. The van der Waals surface area contributed by atoms with Gasteiger partial charge in [-0.15, -0.1) is 11.3 Å². The first-order valence-electron chi connectivity index (χ1n) is 6.91. The van der Waals surface area contributed by atoms with E-state index in [1.54, 1.807) is 23.1 Å². The highest BCUT2D eigenvalue weighted by molar-refractivity contribution is 7.99. The molecule has 1 N–H and O–H groups in total. The van der Waals surface area contributed by atoms with Gasteiger partial charge < -0.3 is 5.32 Å². The number of thiazole rings is 1. The van der Waals surface area contributed by atoms with Crippen molar-refractivity contribution in [3.63, 3.8) is 0 Å². The van der Waals surface area contributed by atoms with Crippen molar-refractivity contribution in [2.45, 2.75) is 35.3 Å². The number of aromatic nitrogens is 2. The van der Waals surface area contributed by atoms with Gasteiger partial charge in [0.2, 0.25) is 0 Å². The molecule has 0 aliphatic heterocycles. The minimum Gasteiger partial charge on any atom is -0.308 e. The number of nitrogens with zero attached hydrogens (tertiary/aromatic N) is 2. The van der Waals surface area contributed by atoms with Gasteiger partial charge in [-0.1, -0.05) is 23.4 Å². The maximum Gasteiger partial charge on any atom is 0.194 e. The fraction of sp³-hybridized carbons (Fsp3) is 0.267. The number of hydrogen-bond acceptors (Lipinski definition) is 4. The molecule has 1 aliphatic rings. The molecule has 2 aromatic heterocycles. The van der Waals surface area contributed by atoms with Crippen molar-refractivity contribution in [1.29, 1.82) is 0 Å². The highest BCUT2D eigenvalue weighted by atomic mass is 35.5. The molecule has 4 rings (SSSR count). The normalized spacial score (nSPS) is 14.9. The van der Waals surface area contributed by atoms with E-state index in [-0.39, 0.29) is 0 Å². The molecule has 0 bridgehead atoms. The van der Waals surface area contributed by atoms with Gasteiger partial charge in [0, 0.05) is 34.1 Å². The van der Waals surface area contributed by atoms with Crippen LogP contribution in [0.4, 0.5) is 0 Å². The number of hydrogen-bond donors (Lipinski definition) is 1. The van der Waals surface area contributed by atoms with Gasteiger partial charge in [-0.3, -0.25) is 4.40 Å². The molecule has 0 amide bonds. The standard InChI is InChI=1S/C15H14ClN3S2/c16-10-1-5-12(6-2-10)21-14-13(9-17-11-3-4-11)19-7-8-20-15(19)18-14/h1-2,5-8,11,17H,3-4,9H2. The highest BCUT2D eigenvalue weighted by Crippen LogP contribution is 2.33. The van der Waals surface area contributed by atoms with E-state index in [0.717, 1.165) is 26.4 Å². The lowest BCUT2D eigenvalue weighted by molar-refractivity contribution is 0.661. The molecule has 0 atom stereocenters. The quantitative estimate of drug-likeness (QED) is 0.746. The van der Waals surface area contributed by atoms with Gasteiger partial charge in [-0.05, 0) is 37.1 Å². The Balaban J connectivity index is 1.64. The first kappa shape index (κ1) is 13.6. The topological polar surface area (TPSA) is 29.3 Å². The van der Waals surface area contributed by atoms with Gasteiger partial charge in [-0.2, -0.15) is 0 Å². The van der Waals surface area contributed by atoms with E-state index in [1.165, 1.54) is 18.5 Å². The third kappa shape index (κ3) is 2.97. The summed E-state index contributed by atoms with van der Waals surface area (Å²) >= 11 is 9.32. The second-order valence-corrected chi connectivity index (χ2v) is 7.50. The van der Waals surface area contributed by atoms with E-state index in [1.807, 2.05) is 24.3 Å². The minimum absolute atomic E-state index is 0.697. The van der Waals surface area contributed by atoms with Crippen LogP contribution >= 0.6 is 34.7 Å². The lowest BCUT2D eigenvalue weighted by Crippen LogP contribution is -2.16. The molecule has 3 aromatic rings. The van der Waals surface area contributed by atoms with Crippen LogP contribution in [0.15, 0.2) is 45.8 Å². The van der Waals surface area contributed by atoms with E-state index in [0.29, 0.717) is 6.04 Å². The molecule has 2 heterocycles. The van der Waals surface area contributed by atoms with Crippen LogP contribution in [0.2, 0.25) is 5.02 Å². The Bertz CT molecular complexity index is 759. The van der Waals surface area contributed by atoms with Gasteiger partial charge >= 0.3 is 0 Å². The van der Waals surface area contributed by atoms with Gasteiger partial charge in [0.15, 0.2) is 4.96 Å².